The maximum Gasteiger partial charge on any atom is 0.355 e. The Morgan fingerprint density at radius 1 is 0.684 bits per heavy atom. The third-order valence-corrected chi connectivity index (χ3v) is 11.4. The van der Waals surface area contributed by atoms with Crippen LogP contribution < -0.4 is 16.0 Å². The van der Waals surface area contributed by atoms with Gasteiger partial charge >= 0.3 is 6.85 Å². The van der Waals surface area contributed by atoms with E-state index in [0.717, 1.165) is 56.6 Å². The molecule has 1 N–H and O–H groups in total. The van der Waals surface area contributed by atoms with Crippen molar-refractivity contribution in [2.75, 3.05) is 4.90 Å². The molecule has 0 unspecified atom stereocenters. The minimum absolute atomic E-state index is 0.171. The summed E-state index contributed by atoms with van der Waals surface area (Å²) < 4.78 is 2.37. The highest BCUT2D eigenvalue weighted by atomic mass is 16.3. The van der Waals surface area contributed by atoms with Gasteiger partial charge in [0.05, 0.1) is 22.5 Å². The van der Waals surface area contributed by atoms with Gasteiger partial charge in [0, 0.05) is 17.6 Å². The summed E-state index contributed by atoms with van der Waals surface area (Å²) in [5.74, 6) is 3.21. The molecule has 7 aromatic rings. The maximum absolute atomic E-state index is 11.7. The normalized spacial score (nSPS) is 14.0. The lowest BCUT2D eigenvalue weighted by atomic mass is 9.47. The molecule has 0 saturated carbocycles. The fraction of sp³-hybridized carbons (Fsp3) is 0.120. The molecular formula is C50H42BN5O. The number of imidazole rings is 1. The van der Waals surface area contributed by atoms with Crippen LogP contribution in [0.25, 0.3) is 45.5 Å². The molecule has 0 aliphatic carbocycles. The number of hydrogen-bond acceptors (Lipinski definition) is 5. The zero-order valence-corrected chi connectivity index (χ0v) is 32.5. The number of phenols is 1. The van der Waals surface area contributed by atoms with Crippen molar-refractivity contribution < 1.29 is 5.11 Å². The predicted molar refractivity (Wildman–Crippen MR) is 235 cm³/mol. The first kappa shape index (κ1) is 34.6. The third kappa shape index (κ3) is 5.64. The molecule has 5 heterocycles. The number of fused-ring (bicyclic) bond motifs is 4. The Balaban J connectivity index is 1.36. The Labute approximate surface area is 334 Å². The first-order valence-electron chi connectivity index (χ1n) is 19.8. The van der Waals surface area contributed by atoms with Gasteiger partial charge in [0.1, 0.15) is 23.2 Å². The Morgan fingerprint density at radius 3 is 2.09 bits per heavy atom. The van der Waals surface area contributed by atoms with E-state index in [1.807, 2.05) is 36.5 Å². The van der Waals surface area contributed by atoms with Gasteiger partial charge in [-0.05, 0) is 117 Å². The van der Waals surface area contributed by atoms with Crippen molar-refractivity contribution in [3.8, 4) is 45.2 Å². The molecule has 7 heteroatoms. The van der Waals surface area contributed by atoms with Crippen LogP contribution in [0.2, 0.25) is 0 Å². The van der Waals surface area contributed by atoms with Crippen LogP contribution in [0.1, 0.15) is 56.2 Å². The Hall–Kier alpha value is -6.86. The minimum atomic E-state index is -0.269. The molecule has 0 bridgehead atoms. The first-order valence-corrected chi connectivity index (χ1v) is 19.8. The summed E-state index contributed by atoms with van der Waals surface area (Å²) in [5, 5.41) is 11.7. The number of allylic oxidation sites excluding steroid dienone is 3. The maximum atomic E-state index is 11.7. The fourth-order valence-corrected chi connectivity index (χ4v) is 8.75. The molecule has 6 nitrogen and oxygen atoms in total. The molecular weight excluding hydrogens is 697 g/mol. The second-order valence-corrected chi connectivity index (χ2v) is 15.6. The average molecular weight is 740 g/mol. The number of anilines is 2. The van der Waals surface area contributed by atoms with E-state index >= 15 is 0 Å². The van der Waals surface area contributed by atoms with Crippen LogP contribution in [0.15, 0.2) is 169 Å². The fourth-order valence-electron chi connectivity index (χ4n) is 8.75. The van der Waals surface area contributed by atoms with Crippen LogP contribution >= 0.6 is 0 Å². The average Bonchev–Trinajstić information content (AvgIpc) is 3.63. The molecule has 0 atom stereocenters. The molecule has 0 saturated heterocycles. The lowest BCUT2D eigenvalue weighted by molar-refractivity contribution is 0.477. The van der Waals surface area contributed by atoms with Crippen LogP contribution in [0.4, 0.5) is 11.5 Å². The smallest absolute Gasteiger partial charge is 0.355 e. The van der Waals surface area contributed by atoms with Crippen molar-refractivity contribution in [2.24, 2.45) is 0 Å². The molecule has 0 spiro atoms. The van der Waals surface area contributed by atoms with E-state index in [-0.39, 0.29) is 24.4 Å². The standard InChI is InChI=1S/C50H42BN5O/c1-32(2)41-29-37(34-16-7-5-8-17-34)30-42(33(3)4)47(41)55-49(40-21-11-12-23-45(40)57)53-48-50(55)54(38-18-9-6-10-19-38)46-24-15-20-39-28-35-25-26-36(44-22-13-14-27-52-44)31-43(35)51(48)56(39)46/h5-33,57H,1-4H3. The minimum Gasteiger partial charge on any atom is -0.507 e. The third-order valence-electron chi connectivity index (χ3n) is 11.4. The van der Waals surface area contributed by atoms with Gasteiger partial charge in [-0.25, -0.2) is 4.98 Å². The number of pyridine rings is 1. The highest BCUT2D eigenvalue weighted by molar-refractivity contribution is 6.85. The second kappa shape index (κ2) is 13.7. The van der Waals surface area contributed by atoms with Gasteiger partial charge in [-0.15, -0.1) is 0 Å². The predicted octanol–water partition coefficient (Wildman–Crippen LogP) is 10.5. The molecule has 0 radical (unpaired) electrons. The van der Waals surface area contributed by atoms with Gasteiger partial charge in [0.2, 0.25) is 0 Å². The van der Waals surface area contributed by atoms with Crippen molar-refractivity contribution in [3.63, 3.8) is 0 Å². The molecule has 2 aromatic heterocycles. The summed E-state index contributed by atoms with van der Waals surface area (Å²) in [5.41, 5.74) is 13.9. The van der Waals surface area contributed by atoms with Crippen LogP contribution in [0.5, 0.6) is 5.75 Å². The number of rotatable bonds is 7. The van der Waals surface area contributed by atoms with E-state index in [2.05, 4.69) is 163 Å². The summed E-state index contributed by atoms with van der Waals surface area (Å²) in [6, 6.07) is 46.3. The molecule has 276 valence electrons. The van der Waals surface area contributed by atoms with Crippen molar-refractivity contribution in [1.82, 2.24) is 19.3 Å². The largest absolute Gasteiger partial charge is 0.507 e. The van der Waals surface area contributed by atoms with Crippen LogP contribution in [0, 0.1) is 0 Å². The summed E-state index contributed by atoms with van der Waals surface area (Å²) in [4.78, 5) is 15.3. The van der Waals surface area contributed by atoms with Gasteiger partial charge in [0.15, 0.2) is 0 Å². The van der Waals surface area contributed by atoms with Crippen molar-refractivity contribution in [2.45, 2.75) is 39.5 Å². The van der Waals surface area contributed by atoms with Crippen molar-refractivity contribution in [3.05, 3.63) is 186 Å². The monoisotopic (exact) mass is 739 g/mol. The topological polar surface area (TPSA) is 57.4 Å². The van der Waals surface area contributed by atoms with Crippen LogP contribution in [-0.2, 0) is 0 Å². The number of hydrogen-bond donors (Lipinski definition) is 1. The summed E-state index contributed by atoms with van der Waals surface area (Å²) in [6.07, 6.45) is 10.7. The lowest BCUT2D eigenvalue weighted by Gasteiger charge is -2.47. The Bertz CT molecular complexity index is 2740. The van der Waals surface area contributed by atoms with E-state index < -0.39 is 0 Å². The van der Waals surface area contributed by atoms with Gasteiger partial charge < -0.3 is 9.92 Å². The molecule has 3 aliphatic heterocycles. The van der Waals surface area contributed by atoms with Crippen LogP contribution in [-0.4, -0.2) is 31.3 Å². The summed E-state index contributed by atoms with van der Waals surface area (Å²) in [6.45, 7) is 8.84. The van der Waals surface area contributed by atoms with E-state index in [9.17, 15) is 5.11 Å². The Morgan fingerprint density at radius 2 is 1.39 bits per heavy atom. The molecule has 5 aromatic carbocycles. The number of nitrogens with zero attached hydrogens (tertiary/aromatic N) is 5. The second-order valence-electron chi connectivity index (χ2n) is 15.6. The SMILES string of the molecule is CC(C)c1cc(-c2ccccc2)cc(C(C)C)c1-n1c(-c2ccccc2O)nc2c1N(c1ccccc1)C1=CC=CC3=Cc4ccc(-c5ccccn5)cc4B2N31. The van der Waals surface area contributed by atoms with Crippen molar-refractivity contribution in [1.29, 1.82) is 0 Å². The van der Waals surface area contributed by atoms with E-state index in [0.29, 0.717) is 11.4 Å². The molecule has 57 heavy (non-hydrogen) atoms. The van der Waals surface area contributed by atoms with E-state index in [1.54, 1.807) is 6.07 Å². The van der Waals surface area contributed by atoms with Crippen molar-refractivity contribution >= 4 is 35.5 Å². The van der Waals surface area contributed by atoms with E-state index in [1.165, 1.54) is 22.3 Å². The van der Waals surface area contributed by atoms with Gasteiger partial charge in [0.25, 0.3) is 0 Å². The molecule has 10 rings (SSSR count). The van der Waals surface area contributed by atoms with Gasteiger partial charge in [-0.3, -0.25) is 14.5 Å². The summed E-state index contributed by atoms with van der Waals surface area (Å²) in [7, 11) is 0. The number of para-hydroxylation sites is 2. The highest BCUT2D eigenvalue weighted by Gasteiger charge is 2.49. The number of phenolic OH excluding ortho intramolecular Hbond substituents is 1. The van der Waals surface area contributed by atoms with E-state index in [4.69, 9.17) is 9.97 Å². The molecule has 0 amide bonds. The molecule has 0 fully saturated rings. The number of aromatic hydroxyl groups is 1. The van der Waals surface area contributed by atoms with Gasteiger partial charge in [-0.1, -0.05) is 119 Å². The summed E-state index contributed by atoms with van der Waals surface area (Å²) >= 11 is 0. The zero-order chi connectivity index (χ0) is 38.8. The number of benzene rings is 5. The lowest BCUT2D eigenvalue weighted by Crippen LogP contribution is -2.64. The highest BCUT2D eigenvalue weighted by Crippen LogP contribution is 2.47. The first-order chi connectivity index (χ1) is 27.9. The van der Waals surface area contributed by atoms with Crippen LogP contribution in [0.3, 0.4) is 0 Å². The number of aromatic nitrogens is 3. The Kier molecular flexibility index (Phi) is 8.33. The molecule has 3 aliphatic rings. The van der Waals surface area contributed by atoms with Gasteiger partial charge in [-0.2, -0.15) is 0 Å². The zero-order valence-electron chi connectivity index (χ0n) is 32.5. The quantitative estimate of drug-likeness (QED) is 0.165.